The minimum absolute atomic E-state index is 0.243. The number of aromatic nitrogens is 1. The molecule has 0 spiro atoms. The van der Waals surface area contributed by atoms with E-state index < -0.39 is 5.97 Å². The lowest BCUT2D eigenvalue weighted by Crippen LogP contribution is -2.50. The van der Waals surface area contributed by atoms with Gasteiger partial charge in [0.2, 0.25) is 0 Å². The first-order chi connectivity index (χ1) is 9.72. The van der Waals surface area contributed by atoms with Gasteiger partial charge in [-0.2, -0.15) is 0 Å². The zero-order valence-electron chi connectivity index (χ0n) is 11.4. The van der Waals surface area contributed by atoms with Gasteiger partial charge in [-0.05, 0) is 12.5 Å². The summed E-state index contributed by atoms with van der Waals surface area (Å²) in [5, 5.41) is 9.00. The van der Waals surface area contributed by atoms with Crippen molar-refractivity contribution in [2.45, 2.75) is 12.5 Å². The molecule has 20 heavy (non-hydrogen) atoms. The third-order valence-electron chi connectivity index (χ3n) is 3.96. The molecule has 1 N–H and O–H groups in total. The fourth-order valence-electron chi connectivity index (χ4n) is 2.62. The van der Waals surface area contributed by atoms with Gasteiger partial charge < -0.3 is 14.7 Å². The molecule has 2 aliphatic heterocycles. The third-order valence-corrected chi connectivity index (χ3v) is 3.96. The molecule has 0 aromatic carbocycles. The molecule has 0 bridgehead atoms. The van der Waals surface area contributed by atoms with Gasteiger partial charge in [0, 0.05) is 45.5 Å². The van der Waals surface area contributed by atoms with Crippen molar-refractivity contribution in [2.75, 3.05) is 44.2 Å². The van der Waals surface area contributed by atoms with Gasteiger partial charge in [0.1, 0.15) is 0 Å². The SMILES string of the molecule is O=C(O)c1cncc(N2CCN(C[C@H]3CCO3)CC2)c1. The molecule has 6 heteroatoms. The number of rotatable bonds is 4. The Hall–Kier alpha value is -1.66. The fourth-order valence-corrected chi connectivity index (χ4v) is 2.62. The highest BCUT2D eigenvalue weighted by atomic mass is 16.5. The summed E-state index contributed by atoms with van der Waals surface area (Å²) in [5.74, 6) is -0.930. The van der Waals surface area contributed by atoms with Crippen molar-refractivity contribution in [2.24, 2.45) is 0 Å². The number of hydrogen-bond donors (Lipinski definition) is 1. The number of carboxylic acid groups (broad SMARTS) is 1. The highest BCUT2D eigenvalue weighted by Crippen LogP contribution is 2.18. The molecule has 108 valence electrons. The van der Waals surface area contributed by atoms with Crippen molar-refractivity contribution in [1.29, 1.82) is 0 Å². The first-order valence-electron chi connectivity index (χ1n) is 6.99. The van der Waals surface area contributed by atoms with Crippen molar-refractivity contribution >= 4 is 11.7 Å². The molecule has 1 aromatic rings. The van der Waals surface area contributed by atoms with Crippen LogP contribution < -0.4 is 4.90 Å². The summed E-state index contributed by atoms with van der Waals surface area (Å²) in [6.07, 6.45) is 4.70. The average Bonchev–Trinajstić information content (AvgIpc) is 2.44. The molecule has 2 aliphatic rings. The lowest BCUT2D eigenvalue weighted by atomic mass is 10.1. The van der Waals surface area contributed by atoms with Crippen LogP contribution in [0.1, 0.15) is 16.8 Å². The van der Waals surface area contributed by atoms with Crippen LogP contribution in [-0.4, -0.2) is 66.4 Å². The van der Waals surface area contributed by atoms with Crippen LogP contribution in [0.4, 0.5) is 5.69 Å². The van der Waals surface area contributed by atoms with E-state index in [1.54, 1.807) is 12.3 Å². The Bertz CT molecular complexity index is 482. The van der Waals surface area contributed by atoms with E-state index in [4.69, 9.17) is 9.84 Å². The number of carbonyl (C=O) groups is 1. The number of anilines is 1. The number of piperazine rings is 1. The van der Waals surface area contributed by atoms with Crippen molar-refractivity contribution in [3.8, 4) is 0 Å². The van der Waals surface area contributed by atoms with E-state index in [0.717, 1.165) is 45.0 Å². The Morgan fingerprint density at radius 2 is 2.10 bits per heavy atom. The van der Waals surface area contributed by atoms with E-state index in [-0.39, 0.29) is 5.56 Å². The average molecular weight is 277 g/mol. The third kappa shape index (κ3) is 2.91. The van der Waals surface area contributed by atoms with Crippen LogP contribution in [-0.2, 0) is 4.74 Å². The van der Waals surface area contributed by atoms with Crippen LogP contribution in [0.2, 0.25) is 0 Å². The van der Waals surface area contributed by atoms with Gasteiger partial charge in [0.05, 0.1) is 23.6 Å². The van der Waals surface area contributed by atoms with Crippen LogP contribution in [0.25, 0.3) is 0 Å². The second kappa shape index (κ2) is 5.76. The van der Waals surface area contributed by atoms with E-state index in [1.165, 1.54) is 12.6 Å². The number of pyridine rings is 1. The summed E-state index contributed by atoms with van der Waals surface area (Å²) in [6, 6.07) is 1.69. The fraction of sp³-hybridized carbons (Fsp3) is 0.571. The molecule has 0 unspecified atom stereocenters. The molecule has 0 aliphatic carbocycles. The molecule has 2 fully saturated rings. The van der Waals surface area contributed by atoms with Crippen LogP contribution in [0, 0.1) is 0 Å². The minimum Gasteiger partial charge on any atom is -0.478 e. The predicted molar refractivity (Wildman–Crippen MR) is 74.2 cm³/mol. The smallest absolute Gasteiger partial charge is 0.337 e. The maximum absolute atomic E-state index is 11.0. The minimum atomic E-state index is -0.930. The van der Waals surface area contributed by atoms with Gasteiger partial charge in [-0.3, -0.25) is 9.88 Å². The Kier molecular flexibility index (Phi) is 3.84. The van der Waals surface area contributed by atoms with Gasteiger partial charge >= 0.3 is 5.97 Å². The van der Waals surface area contributed by atoms with E-state index in [0.29, 0.717) is 6.10 Å². The molecule has 1 atom stereocenters. The zero-order valence-corrected chi connectivity index (χ0v) is 11.4. The molecular weight excluding hydrogens is 258 g/mol. The largest absolute Gasteiger partial charge is 0.478 e. The van der Waals surface area contributed by atoms with E-state index in [1.807, 2.05) is 0 Å². The molecule has 6 nitrogen and oxygen atoms in total. The maximum atomic E-state index is 11.0. The van der Waals surface area contributed by atoms with E-state index >= 15 is 0 Å². The Morgan fingerprint density at radius 3 is 2.70 bits per heavy atom. The monoisotopic (exact) mass is 277 g/mol. The molecule has 3 heterocycles. The van der Waals surface area contributed by atoms with E-state index in [9.17, 15) is 4.79 Å². The van der Waals surface area contributed by atoms with Crippen molar-refractivity contribution < 1.29 is 14.6 Å². The number of aromatic carboxylic acids is 1. The highest BCUT2D eigenvalue weighted by Gasteiger charge is 2.24. The number of nitrogens with zero attached hydrogens (tertiary/aromatic N) is 3. The Morgan fingerprint density at radius 1 is 1.35 bits per heavy atom. The number of hydrogen-bond acceptors (Lipinski definition) is 5. The summed E-state index contributed by atoms with van der Waals surface area (Å²) in [5.41, 5.74) is 1.14. The van der Waals surface area contributed by atoms with Crippen LogP contribution in [0.15, 0.2) is 18.5 Å². The summed E-state index contributed by atoms with van der Waals surface area (Å²) >= 11 is 0. The van der Waals surface area contributed by atoms with Crippen LogP contribution >= 0.6 is 0 Å². The van der Waals surface area contributed by atoms with Gasteiger partial charge in [-0.1, -0.05) is 0 Å². The molecule has 0 amide bonds. The zero-order chi connectivity index (χ0) is 13.9. The van der Waals surface area contributed by atoms with Crippen molar-refractivity contribution in [3.05, 3.63) is 24.0 Å². The quantitative estimate of drug-likeness (QED) is 0.873. The Labute approximate surface area is 118 Å². The van der Waals surface area contributed by atoms with Crippen LogP contribution in [0.5, 0.6) is 0 Å². The summed E-state index contributed by atoms with van der Waals surface area (Å²) < 4.78 is 5.46. The van der Waals surface area contributed by atoms with E-state index in [2.05, 4.69) is 14.8 Å². The molecule has 3 rings (SSSR count). The van der Waals surface area contributed by atoms with Crippen LogP contribution in [0.3, 0.4) is 0 Å². The molecular formula is C14H19N3O3. The van der Waals surface area contributed by atoms with Gasteiger partial charge in [-0.15, -0.1) is 0 Å². The molecule has 0 radical (unpaired) electrons. The van der Waals surface area contributed by atoms with Gasteiger partial charge in [0.25, 0.3) is 0 Å². The molecule has 0 saturated carbocycles. The Balaban J connectivity index is 1.57. The number of ether oxygens (including phenoxy) is 1. The lowest BCUT2D eigenvalue weighted by molar-refractivity contribution is -0.0671. The molecule has 1 aromatic heterocycles. The van der Waals surface area contributed by atoms with Crippen molar-refractivity contribution in [3.63, 3.8) is 0 Å². The maximum Gasteiger partial charge on any atom is 0.337 e. The highest BCUT2D eigenvalue weighted by molar-refractivity contribution is 5.88. The summed E-state index contributed by atoms with van der Waals surface area (Å²) in [6.45, 7) is 5.68. The first-order valence-corrected chi connectivity index (χ1v) is 6.99. The standard InChI is InChI=1S/C14H19N3O3/c18-14(19)11-7-12(9-15-8-11)17-4-2-16(3-5-17)10-13-1-6-20-13/h7-9,13H,1-6,10H2,(H,18,19)/t13-/m1/s1. The van der Waals surface area contributed by atoms with Crippen molar-refractivity contribution in [1.82, 2.24) is 9.88 Å². The normalized spacial score (nSPS) is 23.4. The lowest BCUT2D eigenvalue weighted by Gasteiger charge is -2.39. The molecule has 2 saturated heterocycles. The van der Waals surface area contributed by atoms with Gasteiger partial charge in [0.15, 0.2) is 0 Å². The number of carboxylic acids is 1. The summed E-state index contributed by atoms with van der Waals surface area (Å²) in [7, 11) is 0. The predicted octanol–water partition coefficient (Wildman–Crippen LogP) is 0.691. The summed E-state index contributed by atoms with van der Waals surface area (Å²) in [4.78, 5) is 19.6. The van der Waals surface area contributed by atoms with Gasteiger partial charge in [-0.25, -0.2) is 4.79 Å². The first kappa shape index (κ1) is 13.3. The second-order valence-electron chi connectivity index (χ2n) is 5.31. The topological polar surface area (TPSA) is 65.9 Å². The second-order valence-corrected chi connectivity index (χ2v) is 5.31.